The fourth-order valence-electron chi connectivity index (χ4n) is 1.86. The monoisotopic (exact) mass is 287 g/mol. The fourth-order valence-corrected chi connectivity index (χ4v) is 1.86. The molecule has 6 heteroatoms. The van der Waals surface area contributed by atoms with Crippen LogP contribution in [-0.2, 0) is 6.54 Å². The third-order valence-corrected chi connectivity index (χ3v) is 2.94. The maximum Gasteiger partial charge on any atom is 0.259 e. The van der Waals surface area contributed by atoms with Gasteiger partial charge in [0, 0.05) is 0 Å². The van der Waals surface area contributed by atoms with E-state index in [1.54, 1.807) is 18.2 Å². The largest absolute Gasteiger partial charge is 0.496 e. The summed E-state index contributed by atoms with van der Waals surface area (Å²) in [7, 11) is 3.02. The molecule has 0 saturated carbocycles. The van der Waals surface area contributed by atoms with Crippen LogP contribution in [0, 0.1) is 6.92 Å². The molecule has 2 rings (SSSR count). The lowest BCUT2D eigenvalue weighted by molar-refractivity contribution is 0.0944. The van der Waals surface area contributed by atoms with Crippen molar-refractivity contribution in [2.75, 3.05) is 14.2 Å². The van der Waals surface area contributed by atoms with E-state index in [9.17, 15) is 4.79 Å². The number of carbonyl (C=O) groups is 1. The van der Waals surface area contributed by atoms with E-state index in [-0.39, 0.29) is 12.5 Å². The molecular formula is C15H17N3O3. The van der Waals surface area contributed by atoms with Crippen LogP contribution in [0.5, 0.6) is 11.5 Å². The van der Waals surface area contributed by atoms with Gasteiger partial charge >= 0.3 is 0 Å². The Morgan fingerprint density at radius 2 is 1.76 bits per heavy atom. The fraction of sp³-hybridized carbons (Fsp3) is 0.267. The molecule has 0 fully saturated rings. The summed E-state index contributed by atoms with van der Waals surface area (Å²) in [4.78, 5) is 12.3. The number of nitrogens with zero attached hydrogens (tertiary/aromatic N) is 2. The number of hydrogen-bond acceptors (Lipinski definition) is 5. The Bertz CT molecular complexity index is 604. The van der Waals surface area contributed by atoms with Crippen molar-refractivity contribution in [3.63, 3.8) is 0 Å². The van der Waals surface area contributed by atoms with E-state index in [2.05, 4.69) is 15.5 Å². The summed E-state index contributed by atoms with van der Waals surface area (Å²) in [6.45, 7) is 2.14. The van der Waals surface area contributed by atoms with Crippen molar-refractivity contribution in [3.8, 4) is 11.5 Å². The van der Waals surface area contributed by atoms with Gasteiger partial charge in [-0.1, -0.05) is 6.07 Å². The number of benzene rings is 1. The Balaban J connectivity index is 2.15. The first kappa shape index (κ1) is 14.8. The minimum absolute atomic E-state index is 0.285. The van der Waals surface area contributed by atoms with E-state index >= 15 is 0 Å². The Kier molecular flexibility index (Phi) is 4.71. The zero-order valence-electron chi connectivity index (χ0n) is 12.2. The molecule has 0 aliphatic heterocycles. The Morgan fingerprint density at radius 1 is 1.10 bits per heavy atom. The summed E-state index contributed by atoms with van der Waals surface area (Å²) in [5, 5.41) is 10.7. The van der Waals surface area contributed by atoms with Crippen LogP contribution < -0.4 is 14.8 Å². The summed E-state index contributed by atoms with van der Waals surface area (Å²) in [6.07, 6.45) is 0. The standard InChI is InChI=1S/C15H17N3O3/c1-10-7-8-11(18-17-10)9-16-15(19)14-12(20-2)5-4-6-13(14)21-3/h4-8H,9H2,1-3H3,(H,16,19). The number of hydrogen-bond donors (Lipinski definition) is 1. The van der Waals surface area contributed by atoms with Crippen LogP contribution in [0.2, 0.25) is 0 Å². The van der Waals surface area contributed by atoms with E-state index in [1.807, 2.05) is 19.1 Å². The van der Waals surface area contributed by atoms with Crippen molar-refractivity contribution in [3.05, 3.63) is 47.3 Å². The lowest BCUT2D eigenvalue weighted by atomic mass is 10.1. The summed E-state index contributed by atoms with van der Waals surface area (Å²) in [6, 6.07) is 8.85. The summed E-state index contributed by atoms with van der Waals surface area (Å²) < 4.78 is 10.4. The molecule has 0 aliphatic carbocycles. The van der Waals surface area contributed by atoms with E-state index < -0.39 is 0 Å². The van der Waals surface area contributed by atoms with Gasteiger partial charge in [0.15, 0.2) is 0 Å². The lowest BCUT2D eigenvalue weighted by Gasteiger charge is -2.12. The van der Waals surface area contributed by atoms with Crippen LogP contribution >= 0.6 is 0 Å². The number of rotatable bonds is 5. The van der Waals surface area contributed by atoms with Gasteiger partial charge in [-0.25, -0.2) is 0 Å². The minimum Gasteiger partial charge on any atom is -0.496 e. The molecular weight excluding hydrogens is 270 g/mol. The number of aryl methyl sites for hydroxylation is 1. The number of aromatic nitrogens is 2. The second kappa shape index (κ2) is 6.69. The molecule has 2 aromatic rings. The van der Waals surface area contributed by atoms with Crippen molar-refractivity contribution in [1.82, 2.24) is 15.5 Å². The van der Waals surface area contributed by atoms with Crippen LogP contribution in [0.1, 0.15) is 21.7 Å². The maximum absolute atomic E-state index is 12.3. The molecule has 110 valence electrons. The molecule has 0 radical (unpaired) electrons. The normalized spacial score (nSPS) is 10.0. The first-order chi connectivity index (χ1) is 10.2. The van der Waals surface area contributed by atoms with Crippen molar-refractivity contribution >= 4 is 5.91 Å². The van der Waals surface area contributed by atoms with Gasteiger partial charge in [0.05, 0.1) is 32.2 Å². The molecule has 0 saturated heterocycles. The Hall–Kier alpha value is -2.63. The van der Waals surface area contributed by atoms with Gasteiger partial charge in [-0.05, 0) is 31.2 Å². The topological polar surface area (TPSA) is 73.3 Å². The van der Waals surface area contributed by atoms with Crippen LogP contribution in [0.25, 0.3) is 0 Å². The van der Waals surface area contributed by atoms with Gasteiger partial charge in [0.25, 0.3) is 5.91 Å². The zero-order valence-corrected chi connectivity index (χ0v) is 12.2. The molecule has 1 aromatic carbocycles. The van der Waals surface area contributed by atoms with E-state index in [0.29, 0.717) is 22.8 Å². The minimum atomic E-state index is -0.285. The Morgan fingerprint density at radius 3 is 2.29 bits per heavy atom. The summed E-state index contributed by atoms with van der Waals surface area (Å²) in [5.41, 5.74) is 1.88. The molecule has 0 unspecified atom stereocenters. The average molecular weight is 287 g/mol. The van der Waals surface area contributed by atoms with Crippen molar-refractivity contribution < 1.29 is 14.3 Å². The van der Waals surface area contributed by atoms with Gasteiger partial charge in [-0.15, -0.1) is 0 Å². The van der Waals surface area contributed by atoms with Crippen molar-refractivity contribution in [2.24, 2.45) is 0 Å². The summed E-state index contributed by atoms with van der Waals surface area (Å²) >= 11 is 0. The predicted octanol–water partition coefficient (Wildman–Crippen LogP) is 1.73. The van der Waals surface area contributed by atoms with Gasteiger partial charge in [-0.2, -0.15) is 10.2 Å². The molecule has 0 spiro atoms. The molecule has 6 nitrogen and oxygen atoms in total. The molecule has 0 atom stereocenters. The van der Waals surface area contributed by atoms with E-state index in [0.717, 1.165) is 5.69 Å². The maximum atomic E-state index is 12.3. The third-order valence-electron chi connectivity index (χ3n) is 2.94. The van der Waals surface area contributed by atoms with Gasteiger partial charge < -0.3 is 14.8 Å². The number of ether oxygens (including phenoxy) is 2. The van der Waals surface area contributed by atoms with Crippen LogP contribution in [0.3, 0.4) is 0 Å². The molecule has 1 heterocycles. The van der Waals surface area contributed by atoms with Crippen molar-refractivity contribution in [2.45, 2.75) is 13.5 Å². The first-order valence-electron chi connectivity index (χ1n) is 6.44. The number of methoxy groups -OCH3 is 2. The lowest BCUT2D eigenvalue weighted by Crippen LogP contribution is -2.24. The predicted molar refractivity (Wildman–Crippen MR) is 77.5 cm³/mol. The second-order valence-corrected chi connectivity index (χ2v) is 4.39. The van der Waals surface area contributed by atoms with Crippen LogP contribution in [-0.4, -0.2) is 30.3 Å². The van der Waals surface area contributed by atoms with E-state index in [1.165, 1.54) is 14.2 Å². The quantitative estimate of drug-likeness (QED) is 0.906. The SMILES string of the molecule is COc1cccc(OC)c1C(=O)NCc1ccc(C)nn1. The first-order valence-corrected chi connectivity index (χ1v) is 6.44. The molecule has 21 heavy (non-hydrogen) atoms. The second-order valence-electron chi connectivity index (χ2n) is 4.39. The molecule has 1 aromatic heterocycles. The summed E-state index contributed by atoms with van der Waals surface area (Å²) in [5.74, 6) is 0.635. The average Bonchev–Trinajstić information content (AvgIpc) is 2.53. The smallest absolute Gasteiger partial charge is 0.259 e. The molecule has 1 amide bonds. The van der Waals surface area contributed by atoms with Gasteiger partial charge in [0.2, 0.25) is 0 Å². The number of nitrogens with one attached hydrogen (secondary N) is 1. The molecule has 0 aliphatic rings. The van der Waals surface area contributed by atoms with Gasteiger partial charge in [-0.3, -0.25) is 4.79 Å². The highest BCUT2D eigenvalue weighted by molar-refractivity contribution is 5.99. The van der Waals surface area contributed by atoms with Crippen LogP contribution in [0.15, 0.2) is 30.3 Å². The molecule has 1 N–H and O–H groups in total. The number of carbonyl (C=O) groups excluding carboxylic acids is 1. The highest BCUT2D eigenvalue weighted by Crippen LogP contribution is 2.27. The zero-order chi connectivity index (χ0) is 15.2. The highest BCUT2D eigenvalue weighted by Gasteiger charge is 2.17. The van der Waals surface area contributed by atoms with E-state index in [4.69, 9.17) is 9.47 Å². The van der Waals surface area contributed by atoms with Crippen molar-refractivity contribution in [1.29, 1.82) is 0 Å². The van der Waals surface area contributed by atoms with Gasteiger partial charge in [0.1, 0.15) is 17.1 Å². The van der Waals surface area contributed by atoms with Crippen LogP contribution in [0.4, 0.5) is 0 Å². The Labute approximate surface area is 123 Å². The highest BCUT2D eigenvalue weighted by atomic mass is 16.5. The number of amides is 1. The molecule has 0 bridgehead atoms. The third kappa shape index (κ3) is 3.47.